The fourth-order valence-corrected chi connectivity index (χ4v) is 5.55. The topological polar surface area (TPSA) is 190 Å². The minimum absolute atomic E-state index is 0.0175. The Hall–Kier alpha value is -3.46. The van der Waals surface area contributed by atoms with E-state index in [9.17, 15) is 36.6 Å². The Morgan fingerprint density at radius 2 is 1.38 bits per heavy atom. The van der Waals surface area contributed by atoms with Crippen LogP contribution in [-0.2, 0) is 29.8 Å². The van der Waals surface area contributed by atoms with Crippen molar-refractivity contribution in [2.45, 2.75) is 26.7 Å². The van der Waals surface area contributed by atoms with E-state index in [0.29, 0.717) is 24.5 Å². The number of phenols is 1. The van der Waals surface area contributed by atoms with Crippen molar-refractivity contribution in [3.63, 3.8) is 0 Å². The van der Waals surface area contributed by atoms with Crippen molar-refractivity contribution in [1.82, 2.24) is 4.90 Å². The van der Waals surface area contributed by atoms with Gasteiger partial charge in [0.15, 0.2) is 5.78 Å². The highest BCUT2D eigenvalue weighted by Gasteiger charge is 2.39. The highest BCUT2D eigenvalue weighted by molar-refractivity contribution is 7.86. The van der Waals surface area contributed by atoms with E-state index in [1.165, 1.54) is 24.3 Å². The zero-order valence-corrected chi connectivity index (χ0v) is 23.7. The number of allylic oxidation sites excluding steroid dienone is 6. The van der Waals surface area contributed by atoms with Crippen molar-refractivity contribution in [3.8, 4) is 5.75 Å². The van der Waals surface area contributed by atoms with Gasteiger partial charge in [0.1, 0.15) is 11.5 Å². The minimum Gasteiger partial charge on any atom is -0.507 e. The van der Waals surface area contributed by atoms with E-state index in [-0.39, 0.29) is 54.0 Å². The van der Waals surface area contributed by atoms with Crippen LogP contribution < -0.4 is 4.90 Å². The molecule has 2 aliphatic rings. The summed E-state index contributed by atoms with van der Waals surface area (Å²) < 4.78 is 61.7. The second-order valence-electron chi connectivity index (χ2n) is 9.25. The van der Waals surface area contributed by atoms with Gasteiger partial charge in [-0.1, -0.05) is 0 Å². The number of aromatic hydroxyl groups is 1. The van der Waals surface area contributed by atoms with Crippen molar-refractivity contribution in [2.75, 3.05) is 42.6 Å². The number of phenolic OH excluding ortho intramolecular Hbond substituents is 1. The van der Waals surface area contributed by atoms with E-state index in [1.807, 2.05) is 13.8 Å². The molecule has 0 fully saturated rings. The first-order chi connectivity index (χ1) is 18.7. The van der Waals surface area contributed by atoms with Crippen LogP contribution in [-0.4, -0.2) is 90.3 Å². The maximum Gasteiger partial charge on any atom is 0.264 e. The summed E-state index contributed by atoms with van der Waals surface area (Å²) >= 11 is 0. The van der Waals surface area contributed by atoms with E-state index in [4.69, 9.17) is 9.11 Å². The number of benzene rings is 1. The first kappa shape index (κ1) is 31.1. The molecule has 14 heteroatoms. The zero-order chi connectivity index (χ0) is 29.8. The molecule has 0 amide bonds. The van der Waals surface area contributed by atoms with Gasteiger partial charge in [0.25, 0.3) is 20.2 Å². The molecule has 0 atom stereocenters. The summed E-state index contributed by atoms with van der Waals surface area (Å²) in [5.74, 6) is -2.69. The highest BCUT2D eigenvalue weighted by atomic mass is 32.2. The molecule has 2 aliphatic carbocycles. The number of Topliss-reactive ketones (excluding diaryl/α,β-unsaturated/α-hetero) is 1. The molecule has 0 saturated heterocycles. The second kappa shape index (κ2) is 12.4. The number of carbonyl (C=O) groups is 2. The lowest BCUT2D eigenvalue weighted by atomic mass is 9.79. The van der Waals surface area contributed by atoms with Crippen LogP contribution >= 0.6 is 0 Å². The van der Waals surface area contributed by atoms with Crippen LogP contribution in [0.4, 0.5) is 5.69 Å². The van der Waals surface area contributed by atoms with Crippen LogP contribution in [0.1, 0.15) is 32.3 Å². The molecule has 0 radical (unpaired) electrons. The normalized spacial score (nSPS) is 17.6. The Kier molecular flexibility index (Phi) is 9.61. The van der Waals surface area contributed by atoms with Crippen molar-refractivity contribution in [1.29, 1.82) is 0 Å². The number of rotatable bonds is 13. The molecule has 0 saturated carbocycles. The number of aliphatic hydroxyl groups excluding tert-OH is 1. The monoisotopic (exact) mass is 596 g/mol. The Morgan fingerprint density at radius 1 is 0.800 bits per heavy atom. The Morgan fingerprint density at radius 3 is 1.85 bits per heavy atom. The Labute approximate surface area is 233 Å². The zero-order valence-electron chi connectivity index (χ0n) is 22.1. The first-order valence-corrected chi connectivity index (χ1v) is 15.8. The van der Waals surface area contributed by atoms with Crippen LogP contribution in [0.5, 0.6) is 5.75 Å². The summed E-state index contributed by atoms with van der Waals surface area (Å²) in [5, 5.41) is 21.3. The maximum absolute atomic E-state index is 13.0. The summed E-state index contributed by atoms with van der Waals surface area (Å²) in [5.41, 5.74) is 0.778. The van der Waals surface area contributed by atoms with Gasteiger partial charge in [0.05, 0.1) is 22.7 Å². The molecule has 0 aliphatic heterocycles. The lowest BCUT2D eigenvalue weighted by molar-refractivity contribution is -0.114. The van der Waals surface area contributed by atoms with Crippen molar-refractivity contribution in [3.05, 3.63) is 64.6 Å². The van der Waals surface area contributed by atoms with Gasteiger partial charge in [0.2, 0.25) is 5.78 Å². The number of nitrogens with zero attached hydrogens (tertiary/aromatic N) is 2. The van der Waals surface area contributed by atoms with Gasteiger partial charge < -0.3 is 20.0 Å². The van der Waals surface area contributed by atoms with E-state index < -0.39 is 49.1 Å². The SMILES string of the molecule is CCN(CCCS(=O)(=O)O)C1=CC(=O)C(=C2C(=O)C(c3ccc(N(CC)CCCS(=O)(=O)O)cc3O)=C2O)C=C1. The third-order valence-corrected chi connectivity index (χ3v) is 8.18. The van der Waals surface area contributed by atoms with Crippen molar-refractivity contribution < 1.29 is 45.7 Å². The Balaban J connectivity index is 1.79. The number of carbonyl (C=O) groups excluding carboxylic acids is 2. The number of aliphatic hydroxyl groups is 1. The summed E-state index contributed by atoms with van der Waals surface area (Å²) in [4.78, 5) is 29.4. The van der Waals surface area contributed by atoms with Crippen LogP contribution in [0, 0.1) is 0 Å². The maximum atomic E-state index is 13.0. The predicted octanol–water partition coefficient (Wildman–Crippen LogP) is 2.27. The van der Waals surface area contributed by atoms with Gasteiger partial charge in [-0.05, 0) is 51.0 Å². The number of anilines is 1. The van der Waals surface area contributed by atoms with Crippen LogP contribution in [0.15, 0.2) is 59.0 Å². The molecule has 3 rings (SSSR count). The molecule has 0 unspecified atom stereocenters. The molecule has 1 aromatic rings. The summed E-state index contributed by atoms with van der Waals surface area (Å²) in [6, 6.07) is 4.43. The molecular formula is C26H32N2O10S2. The minimum atomic E-state index is -4.10. The van der Waals surface area contributed by atoms with Crippen LogP contribution in [0.25, 0.3) is 5.57 Å². The molecule has 40 heavy (non-hydrogen) atoms. The molecule has 218 valence electrons. The predicted molar refractivity (Wildman–Crippen MR) is 149 cm³/mol. The molecule has 0 heterocycles. The van der Waals surface area contributed by atoms with Gasteiger partial charge in [-0.25, -0.2) is 0 Å². The highest BCUT2D eigenvalue weighted by Crippen LogP contribution is 2.43. The molecular weight excluding hydrogens is 564 g/mol. The average Bonchev–Trinajstić information content (AvgIpc) is 2.86. The fraction of sp³-hybridized carbons (Fsp3) is 0.385. The third kappa shape index (κ3) is 7.38. The number of likely N-dealkylation sites (N-methyl/N-ethyl adjacent to an activating group) is 1. The lowest BCUT2D eigenvalue weighted by Gasteiger charge is -2.28. The van der Waals surface area contributed by atoms with E-state index in [1.54, 1.807) is 21.9 Å². The van der Waals surface area contributed by atoms with Gasteiger partial charge in [-0.2, -0.15) is 16.8 Å². The molecule has 4 N–H and O–H groups in total. The van der Waals surface area contributed by atoms with Gasteiger partial charge in [0, 0.05) is 60.8 Å². The average molecular weight is 597 g/mol. The van der Waals surface area contributed by atoms with Crippen molar-refractivity contribution in [2.24, 2.45) is 0 Å². The van der Waals surface area contributed by atoms with Crippen molar-refractivity contribution >= 4 is 43.1 Å². The molecule has 0 bridgehead atoms. The van der Waals surface area contributed by atoms with E-state index in [0.717, 1.165) is 0 Å². The smallest absolute Gasteiger partial charge is 0.264 e. The Bertz CT molecular complexity index is 1540. The quantitative estimate of drug-likeness (QED) is 0.192. The number of hydrogen-bond acceptors (Lipinski definition) is 10. The largest absolute Gasteiger partial charge is 0.507 e. The number of hydrogen-bond donors (Lipinski definition) is 4. The second-order valence-corrected chi connectivity index (χ2v) is 12.4. The third-order valence-electron chi connectivity index (χ3n) is 6.57. The lowest BCUT2D eigenvalue weighted by Crippen LogP contribution is -2.28. The standard InChI is InChI=1S/C26H32N2O10S2/c1-3-27(11-5-13-39(33,34)35)17-7-9-19(21(29)15-17)23-25(31)24(26(23)32)20-10-8-18(16-22(20)30)28(4-2)12-6-14-40(36,37)38/h7-10,15-16,29,31H,3-6,11-14H2,1-2H3,(H,33,34,35)(H,36,37,38). The number of ketones is 2. The van der Waals surface area contributed by atoms with E-state index in [2.05, 4.69) is 0 Å². The fourth-order valence-electron chi connectivity index (χ4n) is 4.56. The molecule has 1 aromatic carbocycles. The van der Waals surface area contributed by atoms with Crippen LogP contribution in [0.3, 0.4) is 0 Å². The molecule has 0 aromatic heterocycles. The summed E-state index contributed by atoms with van der Waals surface area (Å²) in [6.07, 6.45) is 4.57. The molecule has 0 spiro atoms. The first-order valence-electron chi connectivity index (χ1n) is 12.6. The van der Waals surface area contributed by atoms with Crippen LogP contribution in [0.2, 0.25) is 0 Å². The van der Waals surface area contributed by atoms with Gasteiger partial charge >= 0.3 is 0 Å². The van der Waals surface area contributed by atoms with Gasteiger partial charge in [-0.15, -0.1) is 0 Å². The summed E-state index contributed by atoms with van der Waals surface area (Å²) in [6.45, 7) is 5.14. The van der Waals surface area contributed by atoms with E-state index >= 15 is 0 Å². The molecule has 12 nitrogen and oxygen atoms in total. The van der Waals surface area contributed by atoms with Gasteiger partial charge in [-0.3, -0.25) is 18.7 Å². The summed E-state index contributed by atoms with van der Waals surface area (Å²) in [7, 11) is -8.20.